The van der Waals surface area contributed by atoms with Crippen molar-refractivity contribution in [3.8, 4) is 0 Å². The summed E-state index contributed by atoms with van der Waals surface area (Å²) in [7, 11) is 1.63. The molecule has 1 aromatic rings. The van der Waals surface area contributed by atoms with Gasteiger partial charge in [-0.1, -0.05) is 0 Å². The lowest BCUT2D eigenvalue weighted by molar-refractivity contribution is -0.134. The highest BCUT2D eigenvalue weighted by atomic mass is 79.9. The Morgan fingerprint density at radius 3 is 2.71 bits per heavy atom. The molecule has 90 valence electrons. The first kappa shape index (κ1) is 12.0. The molecule has 5 nitrogen and oxygen atoms in total. The molecule has 1 aromatic heterocycles. The number of halogens is 1. The zero-order valence-electron chi connectivity index (χ0n) is 9.20. The molecule has 1 aliphatic heterocycles. The highest BCUT2D eigenvalue weighted by Crippen LogP contribution is 2.25. The van der Waals surface area contributed by atoms with E-state index in [1.807, 2.05) is 0 Å². The molecule has 1 aliphatic rings. The van der Waals surface area contributed by atoms with Crippen molar-refractivity contribution in [3.05, 3.63) is 32.7 Å². The molecule has 1 unspecified atom stereocenters. The molecule has 2 heterocycles. The molecular weight excluding hydrogens is 288 g/mol. The molecule has 2 amide bonds. The Bertz CT molecular complexity index is 524. The third-order valence-electron chi connectivity index (χ3n) is 2.80. The van der Waals surface area contributed by atoms with Gasteiger partial charge in [0.2, 0.25) is 11.8 Å². The Kier molecular flexibility index (Phi) is 3.15. The number of nitrogens with one attached hydrogen (secondary N) is 1. The summed E-state index contributed by atoms with van der Waals surface area (Å²) in [6, 6.07) is 1.64. The summed E-state index contributed by atoms with van der Waals surface area (Å²) in [5, 5.41) is 2.30. The Morgan fingerprint density at radius 2 is 2.12 bits per heavy atom. The molecule has 17 heavy (non-hydrogen) atoms. The number of piperidine rings is 1. The summed E-state index contributed by atoms with van der Waals surface area (Å²) < 4.78 is 1.84. The van der Waals surface area contributed by atoms with Gasteiger partial charge in [0.1, 0.15) is 0 Å². The third kappa shape index (κ3) is 2.31. The van der Waals surface area contributed by atoms with Gasteiger partial charge in [-0.3, -0.25) is 19.7 Å². The summed E-state index contributed by atoms with van der Waals surface area (Å²) in [5.41, 5.74) is 0.588. The van der Waals surface area contributed by atoms with E-state index in [4.69, 9.17) is 0 Å². The van der Waals surface area contributed by atoms with Crippen molar-refractivity contribution in [1.29, 1.82) is 0 Å². The molecule has 1 saturated heterocycles. The van der Waals surface area contributed by atoms with Gasteiger partial charge in [-0.15, -0.1) is 0 Å². The number of hydrogen-bond donors (Lipinski definition) is 1. The van der Waals surface area contributed by atoms with Gasteiger partial charge in [0, 0.05) is 19.7 Å². The maximum Gasteiger partial charge on any atom is 0.264 e. The van der Waals surface area contributed by atoms with E-state index in [9.17, 15) is 14.4 Å². The van der Waals surface area contributed by atoms with Crippen LogP contribution in [0.3, 0.4) is 0 Å². The predicted molar refractivity (Wildman–Crippen MR) is 64.5 cm³/mol. The molecule has 0 aliphatic carbocycles. The second-order valence-corrected chi connectivity index (χ2v) is 4.90. The van der Waals surface area contributed by atoms with Gasteiger partial charge in [-0.25, -0.2) is 0 Å². The van der Waals surface area contributed by atoms with Crippen LogP contribution >= 0.6 is 15.9 Å². The Labute approximate surface area is 106 Å². The lowest BCUT2D eigenvalue weighted by Gasteiger charge is -2.21. The van der Waals surface area contributed by atoms with E-state index in [0.29, 0.717) is 17.3 Å². The van der Waals surface area contributed by atoms with Crippen LogP contribution in [0, 0.1) is 0 Å². The minimum atomic E-state index is -0.365. The summed E-state index contributed by atoms with van der Waals surface area (Å²) >= 11 is 3.16. The lowest BCUT2D eigenvalue weighted by Crippen LogP contribution is -2.39. The van der Waals surface area contributed by atoms with Gasteiger partial charge in [-0.2, -0.15) is 0 Å². The average molecular weight is 299 g/mol. The van der Waals surface area contributed by atoms with E-state index >= 15 is 0 Å². The van der Waals surface area contributed by atoms with Gasteiger partial charge in [0.05, 0.1) is 10.4 Å². The second-order valence-electron chi connectivity index (χ2n) is 4.04. The van der Waals surface area contributed by atoms with Crippen LogP contribution in [-0.4, -0.2) is 16.4 Å². The fourth-order valence-electron chi connectivity index (χ4n) is 1.90. The van der Waals surface area contributed by atoms with E-state index in [1.165, 1.54) is 4.57 Å². The highest BCUT2D eigenvalue weighted by molar-refractivity contribution is 9.10. The Balaban J connectivity index is 2.38. The topological polar surface area (TPSA) is 68.2 Å². The molecule has 2 rings (SSSR count). The first-order valence-electron chi connectivity index (χ1n) is 5.19. The fourth-order valence-corrected chi connectivity index (χ4v) is 2.44. The van der Waals surface area contributed by atoms with Crippen LogP contribution in [0.1, 0.15) is 24.3 Å². The average Bonchev–Trinajstić information content (AvgIpc) is 2.25. The maximum atomic E-state index is 11.7. The predicted octanol–water partition coefficient (Wildman–Crippen LogP) is 0.668. The molecular formula is C11H11BrN2O3. The lowest BCUT2D eigenvalue weighted by atomic mass is 9.92. The number of aromatic nitrogens is 1. The fraction of sp³-hybridized carbons (Fsp3) is 0.364. The Hall–Kier alpha value is -1.43. The van der Waals surface area contributed by atoms with Crippen LogP contribution in [0.2, 0.25) is 0 Å². The maximum absolute atomic E-state index is 11.7. The number of nitrogens with zero attached hydrogens (tertiary/aromatic N) is 1. The summed E-state index contributed by atoms with van der Waals surface area (Å²) in [5.74, 6) is -0.905. The highest BCUT2D eigenvalue weighted by Gasteiger charge is 2.28. The Morgan fingerprint density at radius 1 is 1.41 bits per heavy atom. The number of pyridine rings is 1. The van der Waals surface area contributed by atoms with E-state index in [2.05, 4.69) is 21.2 Å². The van der Waals surface area contributed by atoms with E-state index in [0.717, 1.165) is 5.56 Å². The van der Waals surface area contributed by atoms with Crippen molar-refractivity contribution in [2.24, 2.45) is 7.05 Å². The van der Waals surface area contributed by atoms with Crippen LogP contribution < -0.4 is 10.9 Å². The van der Waals surface area contributed by atoms with Gasteiger partial charge < -0.3 is 4.57 Å². The monoisotopic (exact) mass is 298 g/mol. The number of carbonyl (C=O) groups excluding carboxylic acids is 2. The number of hydrogen-bond acceptors (Lipinski definition) is 3. The smallest absolute Gasteiger partial charge is 0.264 e. The summed E-state index contributed by atoms with van der Waals surface area (Å²) in [4.78, 5) is 34.2. The van der Waals surface area contributed by atoms with Crippen LogP contribution in [0.25, 0.3) is 0 Å². The molecule has 0 spiro atoms. The molecule has 0 saturated carbocycles. The second kappa shape index (κ2) is 4.44. The van der Waals surface area contributed by atoms with Crippen LogP contribution in [-0.2, 0) is 16.6 Å². The van der Waals surface area contributed by atoms with Gasteiger partial charge in [0.15, 0.2) is 0 Å². The van der Waals surface area contributed by atoms with Crippen molar-refractivity contribution >= 4 is 27.7 Å². The van der Waals surface area contributed by atoms with E-state index in [1.54, 1.807) is 19.3 Å². The third-order valence-corrected chi connectivity index (χ3v) is 3.37. The SMILES string of the molecule is Cn1cc(C2CCC(=O)NC2=O)cc(Br)c1=O. The first-order valence-corrected chi connectivity index (χ1v) is 5.98. The standard InChI is InChI=1S/C11H11BrN2O3/c1-14-5-6(4-8(12)11(14)17)7-2-3-9(15)13-10(7)16/h4-5,7H,2-3H2,1H3,(H,13,15,16). The number of aryl methyl sites for hydroxylation is 1. The summed E-state index contributed by atoms with van der Waals surface area (Å²) in [6.45, 7) is 0. The van der Waals surface area contributed by atoms with E-state index in [-0.39, 0.29) is 23.3 Å². The van der Waals surface area contributed by atoms with Gasteiger partial charge in [0.25, 0.3) is 5.56 Å². The molecule has 6 heteroatoms. The van der Waals surface area contributed by atoms with Crippen LogP contribution in [0.15, 0.2) is 21.5 Å². The van der Waals surface area contributed by atoms with Crippen molar-refractivity contribution in [2.45, 2.75) is 18.8 Å². The number of rotatable bonds is 1. The molecule has 1 atom stereocenters. The summed E-state index contributed by atoms with van der Waals surface area (Å²) in [6.07, 6.45) is 2.44. The molecule has 1 N–H and O–H groups in total. The quantitative estimate of drug-likeness (QED) is 0.775. The largest absolute Gasteiger partial charge is 0.317 e. The zero-order chi connectivity index (χ0) is 12.6. The first-order chi connectivity index (χ1) is 7.99. The number of carbonyl (C=O) groups is 2. The van der Waals surface area contributed by atoms with Crippen LogP contribution in [0.5, 0.6) is 0 Å². The van der Waals surface area contributed by atoms with E-state index < -0.39 is 0 Å². The van der Waals surface area contributed by atoms with Crippen molar-refractivity contribution in [2.75, 3.05) is 0 Å². The van der Waals surface area contributed by atoms with Gasteiger partial charge >= 0.3 is 0 Å². The molecule has 1 fully saturated rings. The number of imide groups is 1. The van der Waals surface area contributed by atoms with Crippen molar-refractivity contribution in [1.82, 2.24) is 9.88 Å². The normalized spacial score (nSPS) is 20.2. The zero-order valence-corrected chi connectivity index (χ0v) is 10.8. The molecule has 0 radical (unpaired) electrons. The van der Waals surface area contributed by atoms with Crippen molar-refractivity contribution < 1.29 is 9.59 Å². The minimum Gasteiger partial charge on any atom is -0.317 e. The van der Waals surface area contributed by atoms with Crippen LogP contribution in [0.4, 0.5) is 0 Å². The number of amides is 2. The van der Waals surface area contributed by atoms with Crippen molar-refractivity contribution in [3.63, 3.8) is 0 Å². The minimum absolute atomic E-state index is 0.152. The molecule has 0 bridgehead atoms. The van der Waals surface area contributed by atoms with Gasteiger partial charge in [-0.05, 0) is 34.0 Å². The molecule has 0 aromatic carbocycles.